The van der Waals surface area contributed by atoms with Crippen LogP contribution in [0.15, 0.2) is 24.0 Å². The zero-order chi connectivity index (χ0) is 19.4. The molecule has 0 amide bonds. The lowest BCUT2D eigenvalue weighted by molar-refractivity contribution is -0.117. The fraction of sp³-hybridized carbons (Fsp3) is 0.700. The van der Waals surface area contributed by atoms with E-state index in [1.54, 1.807) is 32.9 Å². The summed E-state index contributed by atoms with van der Waals surface area (Å²) in [7, 11) is 0. The smallest absolute Gasteiger partial charge is 0.152 e. The summed E-state index contributed by atoms with van der Waals surface area (Å²) in [6.45, 7) is 16.7. The van der Waals surface area contributed by atoms with Gasteiger partial charge in [0.2, 0.25) is 0 Å². The van der Waals surface area contributed by atoms with Gasteiger partial charge in [0, 0.05) is 22.9 Å². The van der Waals surface area contributed by atoms with E-state index >= 15 is 0 Å². The molecule has 0 rings (SSSR count). The third kappa shape index (κ3) is 137. The van der Waals surface area contributed by atoms with Gasteiger partial charge in [-0.25, -0.2) is 0 Å². The number of carbonyl (C=O) groups excluding carboxylic acids is 2. The van der Waals surface area contributed by atoms with Gasteiger partial charge in [-0.15, -0.1) is 0 Å². The highest BCUT2D eigenvalue weighted by atomic mass is 16.3. The van der Waals surface area contributed by atoms with E-state index in [0.29, 0.717) is 17.6 Å². The summed E-state index contributed by atoms with van der Waals surface area (Å²) in [5.41, 5.74) is 0. The third-order valence-electron chi connectivity index (χ3n) is 1.67. The highest BCUT2D eigenvalue weighted by Gasteiger charge is 1.95. The Kier molecular flexibility index (Phi) is 73.3. The van der Waals surface area contributed by atoms with Crippen molar-refractivity contribution in [1.29, 1.82) is 0 Å². The molecule has 7 heteroatoms. The van der Waals surface area contributed by atoms with E-state index in [9.17, 15) is 9.59 Å². The molecule has 6 nitrogen and oxygen atoms in total. The Labute approximate surface area is 171 Å². The Balaban J connectivity index is -0.0000000239. The molecule has 0 spiro atoms. The highest BCUT2D eigenvalue weighted by molar-refractivity contribution is 5.87. The van der Waals surface area contributed by atoms with E-state index in [1.807, 2.05) is 34.6 Å². The number of Topliss-reactive ketones (excluding diaryl/α,β-unsaturated/α-hetero) is 1. The van der Waals surface area contributed by atoms with E-state index < -0.39 is 0 Å². The van der Waals surface area contributed by atoms with Gasteiger partial charge in [-0.2, -0.15) is 0 Å². The van der Waals surface area contributed by atoms with Crippen molar-refractivity contribution >= 4 is 20.0 Å². The molecule has 0 aliphatic rings. The van der Waals surface area contributed by atoms with Gasteiger partial charge in [-0.3, -0.25) is 4.79 Å². The van der Waals surface area contributed by atoms with Crippen LogP contribution in [0, 0.1) is 11.8 Å². The fourth-order valence-electron chi connectivity index (χ4n) is 1.29. The zero-order valence-electron chi connectivity index (χ0n) is 18.1. The number of aliphatic hydroxyl groups is 2. The fourth-order valence-corrected chi connectivity index (χ4v) is 1.29. The Bertz CT molecular complexity index is 340. The van der Waals surface area contributed by atoms with Gasteiger partial charge >= 0.3 is 0 Å². The van der Waals surface area contributed by atoms with Gasteiger partial charge in [0.05, 0.1) is 5.76 Å². The number of carbonyl (C=O) groups is 2. The number of allylic oxidation sites excluding steroid dienone is 4. The molecular weight excluding hydrogens is 347 g/mol. The molecule has 0 aromatic carbocycles. The third-order valence-corrected chi connectivity index (χ3v) is 1.67. The molecule has 0 aliphatic carbocycles. The van der Waals surface area contributed by atoms with Gasteiger partial charge in [0.25, 0.3) is 0 Å². The van der Waals surface area contributed by atoms with Crippen molar-refractivity contribution < 1.29 is 32.2 Å². The van der Waals surface area contributed by atoms with Crippen molar-refractivity contribution in [3.05, 3.63) is 24.0 Å². The van der Waals surface area contributed by atoms with E-state index in [0.717, 1.165) is 6.42 Å². The summed E-state index contributed by atoms with van der Waals surface area (Å²) in [6.07, 6.45) is 5.78. The van der Waals surface area contributed by atoms with Crippen LogP contribution in [0.3, 0.4) is 0 Å². The van der Waals surface area contributed by atoms with Gasteiger partial charge in [0.15, 0.2) is 5.78 Å². The van der Waals surface area contributed by atoms with Crippen molar-refractivity contribution in [2.75, 3.05) is 6.61 Å². The summed E-state index contributed by atoms with van der Waals surface area (Å²) in [5, 5.41) is 16.2. The molecule has 0 aromatic heterocycles. The summed E-state index contributed by atoms with van der Waals surface area (Å²) < 4.78 is 0. The predicted octanol–water partition coefficient (Wildman–Crippen LogP) is 3.73. The molecule has 0 aromatic rings. The Hall–Kier alpha value is -1.44. The molecule has 0 unspecified atom stereocenters. The molecule has 6 N–H and O–H groups in total. The summed E-state index contributed by atoms with van der Waals surface area (Å²) in [6, 6.07) is 0. The Morgan fingerprint density at radius 1 is 1.04 bits per heavy atom. The van der Waals surface area contributed by atoms with Crippen LogP contribution in [0.5, 0.6) is 0 Å². The van der Waals surface area contributed by atoms with Crippen molar-refractivity contribution in [1.82, 2.24) is 0 Å². The van der Waals surface area contributed by atoms with E-state index in [2.05, 4.69) is 0 Å². The van der Waals surface area contributed by atoms with E-state index in [1.165, 1.54) is 13.0 Å². The maximum Gasteiger partial charge on any atom is 0.152 e. The lowest BCUT2D eigenvalue weighted by atomic mass is 10.1. The Morgan fingerprint density at radius 3 is 1.37 bits per heavy atom. The highest BCUT2D eigenvalue weighted by Crippen LogP contribution is 1.98. The van der Waals surface area contributed by atoms with Crippen LogP contribution >= 0.6 is 0 Å². The van der Waals surface area contributed by atoms with Gasteiger partial charge in [0.1, 0.15) is 5.78 Å². The molecular formula is C20H48BO6. The minimum Gasteiger partial charge on any atom is -0.513 e. The van der Waals surface area contributed by atoms with Crippen molar-refractivity contribution in [3.63, 3.8) is 0 Å². The first kappa shape index (κ1) is 50.0. The molecule has 27 heavy (non-hydrogen) atoms. The van der Waals surface area contributed by atoms with Crippen LogP contribution in [-0.4, -0.2) is 47.8 Å². The van der Waals surface area contributed by atoms with Gasteiger partial charge in [-0.05, 0) is 58.6 Å². The average Bonchev–Trinajstić information content (AvgIpc) is 2.26. The topological polar surface area (TPSA) is 138 Å². The second-order valence-corrected chi connectivity index (χ2v) is 5.78. The van der Waals surface area contributed by atoms with Crippen molar-refractivity contribution in [3.8, 4) is 0 Å². The molecule has 3 radical (unpaired) electrons. The predicted molar refractivity (Wildman–Crippen MR) is 121 cm³/mol. The van der Waals surface area contributed by atoms with Crippen LogP contribution in [0.2, 0.25) is 0 Å². The minimum atomic E-state index is 0. The molecule has 0 saturated carbocycles. The van der Waals surface area contributed by atoms with Crippen LogP contribution in [-0.2, 0) is 9.59 Å². The SMILES string of the molecule is C.C/C(O)=C\C(C)C.C/C=C\C(C)=O.CC(=O)CC(C)C.CCO.O.O.[2HH].[B]. The first-order valence-corrected chi connectivity index (χ1v) is 8.05. The quantitative estimate of drug-likeness (QED) is 0.425. The molecule has 0 atom stereocenters. The van der Waals surface area contributed by atoms with Crippen LogP contribution < -0.4 is 0 Å². The monoisotopic (exact) mass is 396 g/mol. The zero-order valence-corrected chi connectivity index (χ0v) is 18.1. The molecule has 167 valence electrons. The lowest BCUT2D eigenvalue weighted by Crippen LogP contribution is -1.95. The number of rotatable bonds is 4. The lowest BCUT2D eigenvalue weighted by Gasteiger charge is -1.95. The molecule has 0 aliphatic heterocycles. The van der Waals surface area contributed by atoms with Gasteiger partial charge in [-0.1, -0.05) is 41.2 Å². The molecule has 0 bridgehead atoms. The minimum absolute atomic E-state index is 0. The van der Waals surface area contributed by atoms with Crippen LogP contribution in [0.4, 0.5) is 0 Å². The Morgan fingerprint density at radius 2 is 1.37 bits per heavy atom. The number of hydrogen-bond acceptors (Lipinski definition) is 4. The van der Waals surface area contributed by atoms with E-state index in [-0.39, 0.29) is 46.4 Å². The number of ketones is 2. The largest absolute Gasteiger partial charge is 0.513 e. The standard InChI is InChI=1S/2C6H12O.C5H8O.C2H6O.CH4.B.2H2O.H2/c2*1-5(2)4-6(3)7;1-3-4-5(2)6;1-2-3;;;;;/h5H,4H2,1-3H3;4-5,7H,1-3H3;3-4H,1-2H3;3H,2H2,1H3;1H4;;2*1H2;1H/b;6-4+;4-3-;;;;;;/i;;;;;;;;1+1. The second kappa shape index (κ2) is 39.6. The molecule has 0 heterocycles. The van der Waals surface area contributed by atoms with Gasteiger partial charge < -0.3 is 26.0 Å². The normalized spacial score (nSPS) is 8.67. The second-order valence-electron chi connectivity index (χ2n) is 5.78. The van der Waals surface area contributed by atoms with Crippen molar-refractivity contribution in [2.24, 2.45) is 11.8 Å². The first-order valence-electron chi connectivity index (χ1n) is 8.05. The summed E-state index contributed by atoms with van der Waals surface area (Å²) in [5.74, 6) is 1.80. The summed E-state index contributed by atoms with van der Waals surface area (Å²) >= 11 is 0. The van der Waals surface area contributed by atoms with Crippen LogP contribution in [0.1, 0.15) is 77.6 Å². The van der Waals surface area contributed by atoms with Crippen LogP contribution in [0.25, 0.3) is 0 Å². The maximum atomic E-state index is 10.3. The number of hydrogen-bond donors (Lipinski definition) is 2. The first-order chi connectivity index (χ1) is 10.4. The number of aliphatic hydroxyl groups excluding tert-OH is 2. The van der Waals surface area contributed by atoms with Crippen molar-refractivity contribution in [2.45, 2.75) is 76.2 Å². The molecule has 0 fully saturated rings. The van der Waals surface area contributed by atoms with E-state index in [4.69, 9.17) is 10.2 Å². The maximum absolute atomic E-state index is 10.3. The molecule has 0 saturated heterocycles. The summed E-state index contributed by atoms with van der Waals surface area (Å²) in [4.78, 5) is 20.2. The average molecular weight is 396 g/mol.